The van der Waals surface area contributed by atoms with E-state index in [9.17, 15) is 14.9 Å². The first-order valence-electron chi connectivity index (χ1n) is 7.15. The number of hydrogen-bond donors (Lipinski definition) is 0. The number of rotatable bonds is 2. The standard InChI is InChI=1S/C17H16N2O3/c1-11-7-8-14(10-16(11)19(21)22)17(20)18-12(2)9-13-5-3-4-6-15(13)18/h3-8,10,12H,9H2,1-2H3/t12-/m1/s1. The largest absolute Gasteiger partial charge is 0.305 e. The number of para-hydroxylation sites is 1. The van der Waals surface area contributed by atoms with Crippen LogP contribution in [0.2, 0.25) is 0 Å². The fourth-order valence-electron chi connectivity index (χ4n) is 2.95. The first-order valence-corrected chi connectivity index (χ1v) is 7.15. The molecule has 1 aliphatic heterocycles. The normalized spacial score (nSPS) is 16.5. The summed E-state index contributed by atoms with van der Waals surface area (Å²) in [6, 6.07) is 12.5. The second-order valence-electron chi connectivity index (χ2n) is 5.62. The molecular formula is C17H16N2O3. The Morgan fingerprint density at radius 2 is 2.00 bits per heavy atom. The predicted molar refractivity (Wildman–Crippen MR) is 84.3 cm³/mol. The maximum Gasteiger partial charge on any atom is 0.273 e. The highest BCUT2D eigenvalue weighted by Gasteiger charge is 2.31. The molecular weight excluding hydrogens is 280 g/mol. The molecule has 3 rings (SSSR count). The number of hydrogen-bond acceptors (Lipinski definition) is 3. The Morgan fingerprint density at radius 3 is 2.73 bits per heavy atom. The minimum atomic E-state index is -0.451. The lowest BCUT2D eigenvalue weighted by Gasteiger charge is -2.22. The Balaban J connectivity index is 2.02. The van der Waals surface area contributed by atoms with Crippen molar-refractivity contribution >= 4 is 17.3 Å². The molecule has 1 aliphatic rings. The zero-order chi connectivity index (χ0) is 15.9. The number of amides is 1. The fraction of sp³-hybridized carbons (Fsp3) is 0.235. The van der Waals surface area contributed by atoms with Gasteiger partial charge in [0.25, 0.3) is 11.6 Å². The molecule has 2 aromatic carbocycles. The van der Waals surface area contributed by atoms with Crippen LogP contribution >= 0.6 is 0 Å². The lowest BCUT2D eigenvalue weighted by Crippen LogP contribution is -2.35. The summed E-state index contributed by atoms with van der Waals surface area (Å²) in [6.45, 7) is 3.65. The van der Waals surface area contributed by atoms with Gasteiger partial charge in [-0.25, -0.2) is 0 Å². The average Bonchev–Trinajstić information content (AvgIpc) is 2.82. The van der Waals surface area contributed by atoms with Gasteiger partial charge in [0.2, 0.25) is 0 Å². The Kier molecular flexibility index (Phi) is 3.41. The summed E-state index contributed by atoms with van der Waals surface area (Å²) in [5, 5.41) is 11.1. The Morgan fingerprint density at radius 1 is 1.27 bits per heavy atom. The molecule has 5 nitrogen and oxygen atoms in total. The van der Waals surface area contributed by atoms with Crippen LogP contribution < -0.4 is 4.90 Å². The van der Waals surface area contributed by atoms with Crippen LogP contribution in [0.25, 0.3) is 0 Å². The van der Waals surface area contributed by atoms with Gasteiger partial charge in [-0.2, -0.15) is 0 Å². The van der Waals surface area contributed by atoms with Crippen molar-refractivity contribution in [2.45, 2.75) is 26.3 Å². The molecule has 0 radical (unpaired) electrons. The number of aryl methyl sites for hydroxylation is 1. The van der Waals surface area contributed by atoms with E-state index >= 15 is 0 Å². The summed E-state index contributed by atoms with van der Waals surface area (Å²) in [5.74, 6) is -0.194. The van der Waals surface area contributed by atoms with Crippen LogP contribution in [0.3, 0.4) is 0 Å². The van der Waals surface area contributed by atoms with Gasteiger partial charge in [0.1, 0.15) is 0 Å². The van der Waals surface area contributed by atoms with Crippen LogP contribution in [0, 0.1) is 17.0 Å². The van der Waals surface area contributed by atoms with Crippen molar-refractivity contribution in [1.82, 2.24) is 0 Å². The molecule has 0 unspecified atom stereocenters. The monoisotopic (exact) mass is 296 g/mol. The first-order chi connectivity index (χ1) is 10.5. The Labute approximate surface area is 128 Å². The van der Waals surface area contributed by atoms with Gasteiger partial charge in [-0.3, -0.25) is 14.9 Å². The lowest BCUT2D eigenvalue weighted by molar-refractivity contribution is -0.385. The summed E-state index contributed by atoms with van der Waals surface area (Å²) in [7, 11) is 0. The summed E-state index contributed by atoms with van der Waals surface area (Å²) >= 11 is 0. The van der Waals surface area contributed by atoms with Gasteiger partial charge in [-0.1, -0.05) is 24.3 Å². The smallest absolute Gasteiger partial charge is 0.273 e. The van der Waals surface area contributed by atoms with E-state index in [1.807, 2.05) is 31.2 Å². The number of carbonyl (C=O) groups excluding carboxylic acids is 1. The van der Waals surface area contributed by atoms with Gasteiger partial charge < -0.3 is 4.90 Å². The average molecular weight is 296 g/mol. The summed E-state index contributed by atoms with van der Waals surface area (Å²) in [4.78, 5) is 25.1. The van der Waals surface area contributed by atoms with Crippen molar-refractivity contribution in [3.63, 3.8) is 0 Å². The molecule has 0 bridgehead atoms. The maximum atomic E-state index is 12.8. The van der Waals surface area contributed by atoms with E-state index in [1.165, 1.54) is 6.07 Å². The van der Waals surface area contributed by atoms with Crippen molar-refractivity contribution < 1.29 is 9.72 Å². The van der Waals surface area contributed by atoms with Crippen LogP contribution in [0.4, 0.5) is 11.4 Å². The molecule has 1 amide bonds. The van der Waals surface area contributed by atoms with E-state index in [-0.39, 0.29) is 17.6 Å². The zero-order valence-corrected chi connectivity index (χ0v) is 12.4. The van der Waals surface area contributed by atoms with Crippen LogP contribution in [0.5, 0.6) is 0 Å². The summed E-state index contributed by atoms with van der Waals surface area (Å²) < 4.78 is 0. The van der Waals surface area contributed by atoms with Crippen molar-refractivity contribution in [2.75, 3.05) is 4.90 Å². The molecule has 5 heteroatoms. The number of anilines is 1. The third kappa shape index (κ3) is 2.24. The second-order valence-corrected chi connectivity index (χ2v) is 5.62. The molecule has 1 atom stereocenters. The number of fused-ring (bicyclic) bond motifs is 1. The number of benzene rings is 2. The fourth-order valence-corrected chi connectivity index (χ4v) is 2.95. The van der Waals surface area contributed by atoms with Gasteiger partial charge in [0.05, 0.1) is 4.92 Å². The first kappa shape index (κ1) is 14.3. The highest BCUT2D eigenvalue weighted by Crippen LogP contribution is 2.33. The van der Waals surface area contributed by atoms with Gasteiger partial charge >= 0.3 is 0 Å². The van der Waals surface area contributed by atoms with E-state index in [0.29, 0.717) is 11.1 Å². The van der Waals surface area contributed by atoms with Crippen LogP contribution in [0.1, 0.15) is 28.4 Å². The number of nitro benzene ring substituents is 1. The molecule has 0 aromatic heterocycles. The number of nitrogens with zero attached hydrogens (tertiary/aromatic N) is 2. The van der Waals surface area contributed by atoms with E-state index in [2.05, 4.69) is 0 Å². The van der Waals surface area contributed by atoms with E-state index in [4.69, 9.17) is 0 Å². The lowest BCUT2D eigenvalue weighted by atomic mass is 10.1. The molecule has 0 fully saturated rings. The van der Waals surface area contributed by atoms with E-state index in [0.717, 1.165) is 17.7 Å². The van der Waals surface area contributed by atoms with Crippen LogP contribution in [-0.2, 0) is 6.42 Å². The molecule has 0 aliphatic carbocycles. The minimum absolute atomic E-state index is 0.0222. The van der Waals surface area contributed by atoms with Crippen LogP contribution in [-0.4, -0.2) is 16.9 Å². The van der Waals surface area contributed by atoms with Crippen molar-refractivity contribution in [3.05, 3.63) is 69.3 Å². The summed E-state index contributed by atoms with van der Waals surface area (Å²) in [6.07, 6.45) is 0.801. The SMILES string of the molecule is Cc1ccc(C(=O)N2c3ccccc3C[C@H]2C)cc1[N+](=O)[O-]. The van der Waals surface area contributed by atoms with Crippen molar-refractivity contribution in [2.24, 2.45) is 0 Å². The van der Waals surface area contributed by atoms with Crippen molar-refractivity contribution in [1.29, 1.82) is 0 Å². The molecule has 1 heterocycles. The number of nitro groups is 1. The quantitative estimate of drug-likeness (QED) is 0.629. The number of carbonyl (C=O) groups is 1. The highest BCUT2D eigenvalue weighted by molar-refractivity contribution is 6.08. The van der Waals surface area contributed by atoms with E-state index in [1.54, 1.807) is 24.0 Å². The molecule has 0 spiro atoms. The third-order valence-corrected chi connectivity index (χ3v) is 4.08. The minimum Gasteiger partial charge on any atom is -0.305 e. The third-order valence-electron chi connectivity index (χ3n) is 4.08. The van der Waals surface area contributed by atoms with Gasteiger partial charge in [-0.05, 0) is 38.0 Å². The Hall–Kier alpha value is -2.69. The topological polar surface area (TPSA) is 63.5 Å². The predicted octanol–water partition coefficient (Wildman–Crippen LogP) is 3.49. The van der Waals surface area contributed by atoms with E-state index < -0.39 is 4.92 Å². The van der Waals surface area contributed by atoms with Gasteiger partial charge in [0.15, 0.2) is 0 Å². The molecule has 2 aromatic rings. The summed E-state index contributed by atoms with van der Waals surface area (Å²) in [5.41, 5.74) is 2.90. The van der Waals surface area contributed by atoms with Gasteiger partial charge in [0, 0.05) is 28.9 Å². The Bertz CT molecular complexity index is 770. The molecule has 0 N–H and O–H groups in total. The van der Waals surface area contributed by atoms with Crippen molar-refractivity contribution in [3.8, 4) is 0 Å². The molecule has 0 saturated carbocycles. The molecule has 0 saturated heterocycles. The second kappa shape index (κ2) is 5.26. The maximum absolute atomic E-state index is 12.8. The molecule has 22 heavy (non-hydrogen) atoms. The molecule has 112 valence electrons. The zero-order valence-electron chi connectivity index (χ0n) is 12.4. The van der Waals surface area contributed by atoms with Gasteiger partial charge in [-0.15, -0.1) is 0 Å². The van der Waals surface area contributed by atoms with Crippen LogP contribution in [0.15, 0.2) is 42.5 Å². The highest BCUT2D eigenvalue weighted by atomic mass is 16.6.